The van der Waals surface area contributed by atoms with E-state index < -0.39 is 17.0 Å². The molecule has 1 N–H and O–H groups in total. The van der Waals surface area contributed by atoms with Crippen molar-refractivity contribution < 1.29 is 27.5 Å². The molecule has 4 nitrogen and oxygen atoms in total. The van der Waals surface area contributed by atoms with Gasteiger partial charge in [0.05, 0.1) is 5.56 Å². The third-order valence-electron chi connectivity index (χ3n) is 5.99. The van der Waals surface area contributed by atoms with Gasteiger partial charge in [-0.2, -0.15) is 13.2 Å². The molecule has 1 aliphatic heterocycles. The van der Waals surface area contributed by atoms with Crippen molar-refractivity contribution in [3.63, 3.8) is 0 Å². The van der Waals surface area contributed by atoms with E-state index in [0.29, 0.717) is 23.5 Å². The van der Waals surface area contributed by atoms with Gasteiger partial charge in [0, 0.05) is 5.92 Å². The summed E-state index contributed by atoms with van der Waals surface area (Å²) in [4.78, 5) is 23.6. The summed E-state index contributed by atoms with van der Waals surface area (Å²) in [6, 6.07) is 9.20. The molecule has 1 fully saturated rings. The average molecular weight is 464 g/mol. The number of amides is 2. The highest BCUT2D eigenvalue weighted by Gasteiger charge is 2.41. The van der Waals surface area contributed by atoms with Gasteiger partial charge >= 0.3 is 6.18 Å². The first kappa shape index (κ1) is 22.7. The van der Waals surface area contributed by atoms with Gasteiger partial charge in [0.2, 0.25) is 5.91 Å². The molecule has 0 bridgehead atoms. The first-order chi connectivity index (χ1) is 15.3. The number of unbranched alkanes of at least 4 members (excludes halogenated alkanes) is 2. The monoisotopic (exact) mass is 463 g/mol. The third kappa shape index (κ3) is 4.80. The number of hydrogen-bond donors (Lipinski definition) is 1. The van der Waals surface area contributed by atoms with Crippen LogP contribution in [0.3, 0.4) is 0 Å². The minimum Gasteiger partial charge on any atom is -0.457 e. The van der Waals surface area contributed by atoms with Crippen LogP contribution < -0.4 is 10.1 Å². The van der Waals surface area contributed by atoms with Crippen molar-refractivity contribution in [2.75, 3.05) is 0 Å². The smallest absolute Gasteiger partial charge is 0.416 e. The second-order valence-electron chi connectivity index (χ2n) is 8.20. The summed E-state index contributed by atoms with van der Waals surface area (Å²) in [7, 11) is 0. The Morgan fingerprint density at radius 3 is 2.62 bits per heavy atom. The van der Waals surface area contributed by atoms with Crippen molar-refractivity contribution in [2.24, 2.45) is 0 Å². The first-order valence-electron chi connectivity index (χ1n) is 10.8. The number of carbonyl (C=O) groups excluding carboxylic acids is 2. The van der Waals surface area contributed by atoms with Crippen LogP contribution in [0.5, 0.6) is 11.5 Å². The summed E-state index contributed by atoms with van der Waals surface area (Å²) in [6.07, 6.45) is 0.343. The van der Waals surface area contributed by atoms with E-state index in [4.69, 9.17) is 4.74 Å². The molecule has 0 radical (unpaired) electrons. The van der Waals surface area contributed by atoms with Crippen molar-refractivity contribution in [1.29, 1.82) is 0 Å². The van der Waals surface area contributed by atoms with Gasteiger partial charge in [-0.15, -0.1) is 0 Å². The first-order valence-corrected chi connectivity index (χ1v) is 11.7. The zero-order valence-electron chi connectivity index (χ0n) is 17.6. The molecule has 8 heteroatoms. The van der Waals surface area contributed by atoms with E-state index >= 15 is 0 Å². The molecule has 1 unspecified atom stereocenters. The van der Waals surface area contributed by atoms with Crippen molar-refractivity contribution in [1.82, 2.24) is 5.32 Å². The fourth-order valence-electron chi connectivity index (χ4n) is 4.38. The number of thioether (sulfide) groups is 1. The normalized spacial score (nSPS) is 20.4. The maximum Gasteiger partial charge on any atom is 0.416 e. The van der Waals surface area contributed by atoms with E-state index in [1.807, 2.05) is 19.1 Å². The van der Waals surface area contributed by atoms with E-state index in [9.17, 15) is 22.8 Å². The Kier molecular flexibility index (Phi) is 6.51. The largest absolute Gasteiger partial charge is 0.457 e. The van der Waals surface area contributed by atoms with E-state index in [0.717, 1.165) is 61.1 Å². The molecule has 2 aromatic rings. The van der Waals surface area contributed by atoms with Crippen LogP contribution >= 0.6 is 11.8 Å². The molecule has 1 saturated heterocycles. The minimum absolute atomic E-state index is 0.0360. The molecule has 170 valence electrons. The van der Waals surface area contributed by atoms with Crippen molar-refractivity contribution >= 4 is 22.9 Å². The Morgan fingerprint density at radius 2 is 1.94 bits per heavy atom. The molecule has 0 spiro atoms. The number of carbonyl (C=O) groups is 2. The van der Waals surface area contributed by atoms with Gasteiger partial charge in [-0.05, 0) is 72.7 Å². The number of alkyl halides is 3. The van der Waals surface area contributed by atoms with Gasteiger partial charge in [-0.3, -0.25) is 14.9 Å². The minimum atomic E-state index is -4.40. The van der Waals surface area contributed by atoms with Crippen LogP contribution in [0.1, 0.15) is 60.8 Å². The lowest BCUT2D eigenvalue weighted by Crippen LogP contribution is -2.27. The molecule has 2 aromatic carbocycles. The molecule has 2 aliphatic rings. The lowest BCUT2D eigenvalue weighted by Gasteiger charge is -2.17. The number of fused-ring (bicyclic) bond motifs is 1. The van der Waals surface area contributed by atoms with Crippen LogP contribution in [0.15, 0.2) is 36.4 Å². The summed E-state index contributed by atoms with van der Waals surface area (Å²) >= 11 is 1.03. The average Bonchev–Trinajstić information content (AvgIpc) is 3.30. The van der Waals surface area contributed by atoms with Crippen molar-refractivity contribution in [2.45, 2.75) is 62.8 Å². The number of imide groups is 1. The summed E-state index contributed by atoms with van der Waals surface area (Å²) in [5.74, 6) is 0.700. The Morgan fingerprint density at radius 1 is 1.12 bits per heavy atom. The lowest BCUT2D eigenvalue weighted by molar-refractivity contribution is -0.137. The number of hydrogen-bond acceptors (Lipinski definition) is 4. The summed E-state index contributed by atoms with van der Waals surface area (Å²) in [6.45, 7) is 2.05. The molecule has 0 aromatic heterocycles. The number of halogens is 3. The van der Waals surface area contributed by atoms with Gasteiger partial charge in [0.25, 0.3) is 5.24 Å². The van der Waals surface area contributed by atoms with Gasteiger partial charge < -0.3 is 4.74 Å². The second-order valence-corrected chi connectivity index (χ2v) is 9.31. The van der Waals surface area contributed by atoms with E-state index in [2.05, 4.69) is 5.32 Å². The summed E-state index contributed by atoms with van der Waals surface area (Å²) in [5, 5.41) is 1.61. The standard InChI is InChI=1S/C24H24F3NO3S/c1-2-3-4-5-15-12-16(24(25,26)27)7-11-20(15)31-17-8-10-18-14(13-17)6-9-19(18)21-22(29)28-23(30)32-21/h7-8,10-13,19,21H,2-6,9H2,1H3,(H,28,29,30)/t19-,21?/m1/s1. The molecular formula is C24H24F3NO3S. The van der Waals surface area contributed by atoms with Crippen LogP contribution in [-0.4, -0.2) is 16.4 Å². The van der Waals surface area contributed by atoms with Gasteiger partial charge in [0.15, 0.2) is 0 Å². The van der Waals surface area contributed by atoms with Crippen LogP contribution in [0, 0.1) is 0 Å². The summed E-state index contributed by atoms with van der Waals surface area (Å²) in [5.41, 5.74) is 1.94. The molecule has 2 amide bonds. The van der Waals surface area contributed by atoms with Gasteiger partial charge in [-0.25, -0.2) is 0 Å². The third-order valence-corrected chi connectivity index (χ3v) is 7.10. The molecule has 2 atom stereocenters. The molecule has 0 saturated carbocycles. The van der Waals surface area contributed by atoms with Crippen molar-refractivity contribution in [3.8, 4) is 11.5 Å². The van der Waals surface area contributed by atoms with Crippen LogP contribution in [0.25, 0.3) is 0 Å². The topological polar surface area (TPSA) is 55.4 Å². The second kappa shape index (κ2) is 9.17. The van der Waals surface area contributed by atoms with Crippen LogP contribution in [0.4, 0.5) is 18.0 Å². The number of ether oxygens (including phenoxy) is 1. The van der Waals surface area contributed by atoms with E-state index in [1.54, 1.807) is 6.07 Å². The maximum atomic E-state index is 13.2. The van der Waals surface area contributed by atoms with Gasteiger partial charge in [-0.1, -0.05) is 37.6 Å². The Hall–Kier alpha value is -2.48. The zero-order valence-corrected chi connectivity index (χ0v) is 18.4. The highest BCUT2D eigenvalue weighted by atomic mass is 32.2. The van der Waals surface area contributed by atoms with E-state index in [1.165, 1.54) is 12.1 Å². The number of rotatable bonds is 7. The Balaban J connectivity index is 1.56. The maximum absolute atomic E-state index is 13.2. The molecule has 1 heterocycles. The molecule has 4 rings (SSSR count). The van der Waals surface area contributed by atoms with Gasteiger partial charge in [0.1, 0.15) is 16.7 Å². The predicted octanol–water partition coefficient (Wildman–Crippen LogP) is 6.61. The molecule has 1 aliphatic carbocycles. The quantitative estimate of drug-likeness (QED) is 0.470. The van der Waals surface area contributed by atoms with Crippen LogP contribution in [-0.2, 0) is 23.8 Å². The molecular weight excluding hydrogens is 439 g/mol. The number of aryl methyl sites for hydroxylation is 2. The van der Waals surface area contributed by atoms with Crippen LogP contribution in [0.2, 0.25) is 0 Å². The Labute approximate surface area is 188 Å². The SMILES string of the molecule is CCCCCc1cc(C(F)(F)F)ccc1Oc1ccc2c(c1)CC[C@H]2C1SC(=O)NC1=O. The Bertz CT molecular complexity index is 1040. The zero-order chi connectivity index (χ0) is 22.9. The molecule has 32 heavy (non-hydrogen) atoms. The highest BCUT2D eigenvalue weighted by molar-refractivity contribution is 8.15. The van der Waals surface area contributed by atoms with E-state index in [-0.39, 0.29) is 17.1 Å². The highest BCUT2D eigenvalue weighted by Crippen LogP contribution is 2.44. The van der Waals surface area contributed by atoms with Crippen molar-refractivity contribution in [3.05, 3.63) is 58.7 Å². The number of benzene rings is 2. The lowest BCUT2D eigenvalue weighted by atomic mass is 9.97. The summed E-state index contributed by atoms with van der Waals surface area (Å²) < 4.78 is 45.6. The fourth-order valence-corrected chi connectivity index (χ4v) is 5.39. The number of nitrogens with one attached hydrogen (secondary N) is 1. The predicted molar refractivity (Wildman–Crippen MR) is 117 cm³/mol. The fraction of sp³-hybridized carbons (Fsp3) is 0.417.